The predicted octanol–water partition coefficient (Wildman–Crippen LogP) is 5.28. The van der Waals surface area contributed by atoms with Crippen LogP contribution in [0.1, 0.15) is 11.1 Å². The van der Waals surface area contributed by atoms with Gasteiger partial charge in [0.2, 0.25) is 0 Å². The van der Waals surface area contributed by atoms with E-state index in [0.717, 1.165) is 34.2 Å². The maximum absolute atomic E-state index is 12.4. The molecular formula is C24H22N2O2S2. The molecule has 0 saturated carbocycles. The van der Waals surface area contributed by atoms with E-state index in [1.54, 1.807) is 7.05 Å². The van der Waals surface area contributed by atoms with Crippen LogP contribution < -0.4 is 4.74 Å². The average Bonchev–Trinajstić information content (AvgIpc) is 3.22. The van der Waals surface area contributed by atoms with E-state index in [4.69, 9.17) is 17.0 Å². The molecule has 3 aromatic rings. The molecule has 0 bridgehead atoms. The molecule has 6 heteroatoms. The lowest BCUT2D eigenvalue weighted by Gasteiger charge is -2.11. The van der Waals surface area contributed by atoms with Gasteiger partial charge in [0.1, 0.15) is 16.7 Å². The Bertz CT molecular complexity index is 1160. The second-order valence-corrected chi connectivity index (χ2v) is 8.66. The van der Waals surface area contributed by atoms with Crippen LogP contribution in [0.25, 0.3) is 17.0 Å². The summed E-state index contributed by atoms with van der Waals surface area (Å²) in [6.45, 7) is 5.06. The Kier molecular flexibility index (Phi) is 6.06. The van der Waals surface area contributed by atoms with Crippen LogP contribution in [-0.2, 0) is 17.8 Å². The predicted molar refractivity (Wildman–Crippen MR) is 129 cm³/mol. The van der Waals surface area contributed by atoms with Gasteiger partial charge in [0.25, 0.3) is 5.91 Å². The van der Waals surface area contributed by atoms with E-state index in [1.807, 2.05) is 42.5 Å². The number of aromatic nitrogens is 1. The lowest BCUT2D eigenvalue weighted by Crippen LogP contribution is -2.22. The molecular weight excluding hydrogens is 412 g/mol. The number of hydrogen-bond acceptors (Lipinski definition) is 4. The Morgan fingerprint density at radius 3 is 2.70 bits per heavy atom. The van der Waals surface area contributed by atoms with Gasteiger partial charge in [-0.3, -0.25) is 9.69 Å². The summed E-state index contributed by atoms with van der Waals surface area (Å²) in [6.07, 6.45) is 6.67. The Labute approximate surface area is 185 Å². The van der Waals surface area contributed by atoms with Crippen LogP contribution in [0, 0.1) is 0 Å². The van der Waals surface area contributed by atoms with Crippen LogP contribution in [0.5, 0.6) is 5.75 Å². The van der Waals surface area contributed by atoms with E-state index in [2.05, 4.69) is 35.5 Å². The molecule has 1 fully saturated rings. The molecule has 0 spiro atoms. The second kappa shape index (κ2) is 8.90. The zero-order valence-corrected chi connectivity index (χ0v) is 18.3. The number of likely N-dealkylation sites (N-methyl/N-ethyl adjacent to an activating group) is 1. The first-order valence-electron chi connectivity index (χ1n) is 9.69. The maximum Gasteiger partial charge on any atom is 0.265 e. The largest absolute Gasteiger partial charge is 0.491 e. The zero-order valence-electron chi connectivity index (χ0n) is 16.7. The number of nitrogens with zero attached hydrogens (tertiary/aromatic N) is 2. The van der Waals surface area contributed by atoms with Crippen molar-refractivity contribution in [2.45, 2.75) is 13.0 Å². The van der Waals surface area contributed by atoms with E-state index in [0.29, 0.717) is 22.4 Å². The number of carbonyl (C=O) groups is 1. The fourth-order valence-corrected chi connectivity index (χ4v) is 4.66. The lowest BCUT2D eigenvalue weighted by atomic mass is 10.1. The summed E-state index contributed by atoms with van der Waals surface area (Å²) >= 11 is 6.59. The number of thioether (sulfide) groups is 1. The van der Waals surface area contributed by atoms with Crippen molar-refractivity contribution in [3.05, 3.63) is 83.4 Å². The molecule has 2 heterocycles. The highest BCUT2D eigenvalue weighted by Gasteiger charge is 2.29. The third-order valence-electron chi connectivity index (χ3n) is 5.02. The second-order valence-electron chi connectivity index (χ2n) is 6.98. The summed E-state index contributed by atoms with van der Waals surface area (Å²) < 4.78 is 8.82. The summed E-state index contributed by atoms with van der Waals surface area (Å²) in [7, 11) is 1.71. The first-order valence-corrected chi connectivity index (χ1v) is 10.9. The Morgan fingerprint density at radius 2 is 1.93 bits per heavy atom. The molecule has 152 valence electrons. The summed E-state index contributed by atoms with van der Waals surface area (Å²) in [4.78, 5) is 14.6. The minimum atomic E-state index is -0.0519. The Morgan fingerprint density at radius 1 is 1.17 bits per heavy atom. The first kappa shape index (κ1) is 20.4. The van der Waals surface area contributed by atoms with Crippen LogP contribution >= 0.6 is 24.0 Å². The average molecular weight is 435 g/mol. The van der Waals surface area contributed by atoms with Gasteiger partial charge in [-0.1, -0.05) is 66.5 Å². The quantitative estimate of drug-likeness (QED) is 0.288. The molecule has 4 nitrogen and oxygen atoms in total. The monoisotopic (exact) mass is 434 g/mol. The number of para-hydroxylation sites is 2. The molecule has 1 amide bonds. The smallest absolute Gasteiger partial charge is 0.265 e. The van der Waals surface area contributed by atoms with Gasteiger partial charge in [-0.2, -0.15) is 0 Å². The number of ether oxygens (including phenoxy) is 1. The third kappa shape index (κ3) is 4.06. The normalized spacial score (nSPS) is 15.4. The number of fused-ring (bicyclic) bond motifs is 1. The van der Waals surface area contributed by atoms with Crippen LogP contribution in [0.3, 0.4) is 0 Å². The van der Waals surface area contributed by atoms with Crippen molar-refractivity contribution in [1.82, 2.24) is 9.47 Å². The topological polar surface area (TPSA) is 34.5 Å². The van der Waals surface area contributed by atoms with Crippen molar-refractivity contribution < 1.29 is 9.53 Å². The van der Waals surface area contributed by atoms with E-state index in [9.17, 15) is 4.79 Å². The van der Waals surface area contributed by atoms with Crippen molar-refractivity contribution in [1.29, 1.82) is 0 Å². The number of allylic oxidation sites excluding steroid dienone is 1. The number of benzene rings is 2. The van der Waals surface area contributed by atoms with Gasteiger partial charge in [-0.05, 0) is 30.2 Å². The van der Waals surface area contributed by atoms with Crippen molar-refractivity contribution >= 4 is 51.2 Å². The van der Waals surface area contributed by atoms with Gasteiger partial charge < -0.3 is 9.30 Å². The number of hydrogen-bond donors (Lipinski definition) is 0. The number of carbonyl (C=O) groups excluding carboxylic acids is 1. The van der Waals surface area contributed by atoms with Gasteiger partial charge in [-0.15, -0.1) is 6.58 Å². The van der Waals surface area contributed by atoms with Gasteiger partial charge in [0, 0.05) is 29.7 Å². The molecule has 2 aromatic carbocycles. The van der Waals surface area contributed by atoms with Crippen LogP contribution in [-0.4, -0.2) is 33.3 Å². The zero-order chi connectivity index (χ0) is 21.1. The van der Waals surface area contributed by atoms with Crippen molar-refractivity contribution in [2.75, 3.05) is 13.7 Å². The van der Waals surface area contributed by atoms with Crippen molar-refractivity contribution in [3.63, 3.8) is 0 Å². The fraction of sp³-hybridized carbons (Fsp3) is 0.167. The molecule has 1 aliphatic rings. The molecule has 0 aliphatic carbocycles. The van der Waals surface area contributed by atoms with E-state index in [-0.39, 0.29) is 5.91 Å². The molecule has 4 rings (SSSR count). The molecule has 0 unspecified atom stereocenters. The van der Waals surface area contributed by atoms with E-state index in [1.165, 1.54) is 16.7 Å². The van der Waals surface area contributed by atoms with Crippen LogP contribution in [0.2, 0.25) is 0 Å². The van der Waals surface area contributed by atoms with E-state index < -0.39 is 0 Å². The molecule has 1 aliphatic heterocycles. The van der Waals surface area contributed by atoms with Gasteiger partial charge in [0.15, 0.2) is 0 Å². The number of amides is 1. The van der Waals surface area contributed by atoms with Crippen LogP contribution in [0.15, 0.2) is 72.3 Å². The molecule has 0 radical (unpaired) electrons. The maximum atomic E-state index is 12.4. The molecule has 1 aromatic heterocycles. The SMILES string of the molecule is C=CCc1ccccc1OCCn1cc(C=C2SC(=S)N(C)C2=O)c2ccccc21. The van der Waals surface area contributed by atoms with Crippen molar-refractivity contribution in [2.24, 2.45) is 0 Å². The summed E-state index contributed by atoms with van der Waals surface area (Å²) in [5.74, 6) is 0.838. The number of rotatable bonds is 7. The fourth-order valence-electron chi connectivity index (χ4n) is 3.48. The molecule has 0 N–H and O–H groups in total. The third-order valence-corrected chi connectivity index (χ3v) is 6.50. The van der Waals surface area contributed by atoms with Crippen LogP contribution in [0.4, 0.5) is 0 Å². The van der Waals surface area contributed by atoms with E-state index >= 15 is 0 Å². The van der Waals surface area contributed by atoms with Gasteiger partial charge in [-0.25, -0.2) is 0 Å². The minimum absolute atomic E-state index is 0.0519. The molecule has 1 saturated heterocycles. The van der Waals surface area contributed by atoms with Crippen molar-refractivity contribution in [3.8, 4) is 5.75 Å². The lowest BCUT2D eigenvalue weighted by molar-refractivity contribution is -0.121. The molecule has 30 heavy (non-hydrogen) atoms. The minimum Gasteiger partial charge on any atom is -0.491 e. The molecule has 0 atom stereocenters. The summed E-state index contributed by atoms with van der Waals surface area (Å²) in [5, 5.41) is 1.10. The van der Waals surface area contributed by atoms with Gasteiger partial charge in [0.05, 0.1) is 11.4 Å². The van der Waals surface area contributed by atoms with Gasteiger partial charge >= 0.3 is 0 Å². The summed E-state index contributed by atoms with van der Waals surface area (Å²) in [6, 6.07) is 16.2. The Balaban J connectivity index is 1.57. The highest BCUT2D eigenvalue weighted by atomic mass is 32.2. The first-order chi connectivity index (χ1) is 14.6. The Hall–Kier alpha value is -2.83. The summed E-state index contributed by atoms with van der Waals surface area (Å²) in [5.41, 5.74) is 3.25. The highest BCUT2D eigenvalue weighted by Crippen LogP contribution is 2.33. The standard InChI is InChI=1S/C24H22N2O2S2/c1-3-8-17-9-4-7-12-21(17)28-14-13-26-16-18(19-10-5-6-11-20(19)26)15-22-23(27)25(2)24(29)30-22/h3-7,9-12,15-16H,1,8,13-14H2,2H3. The number of thiocarbonyl (C=S) groups is 1. The highest BCUT2D eigenvalue weighted by molar-refractivity contribution is 8.26.